The van der Waals surface area contributed by atoms with Gasteiger partial charge >= 0.3 is 6.09 Å². The van der Waals surface area contributed by atoms with Crippen LogP contribution in [0, 0.1) is 6.92 Å². The lowest BCUT2D eigenvalue weighted by molar-refractivity contribution is 0.0915. The smallest absolute Gasteiger partial charge is 0.414 e. The molecule has 0 aliphatic carbocycles. The summed E-state index contributed by atoms with van der Waals surface area (Å²) in [4.78, 5) is 26.1. The normalized spacial score (nSPS) is 16.0. The fourth-order valence-corrected chi connectivity index (χ4v) is 2.81. The first kappa shape index (κ1) is 18.6. The molecule has 1 fully saturated rings. The summed E-state index contributed by atoms with van der Waals surface area (Å²) in [5.74, 6) is 0.756. The van der Waals surface area contributed by atoms with E-state index in [-0.39, 0.29) is 12.5 Å². The number of hydrogen-bond acceptors (Lipinski definition) is 5. The van der Waals surface area contributed by atoms with E-state index in [1.165, 1.54) is 14.2 Å². The lowest BCUT2D eigenvalue weighted by atomic mass is 10.2. The molecule has 7 heteroatoms. The van der Waals surface area contributed by atoms with Crippen LogP contribution in [0.3, 0.4) is 0 Å². The fraction of sp³-hybridized carbons (Fsp3) is 0.300. The quantitative estimate of drug-likeness (QED) is 0.846. The first-order chi connectivity index (χ1) is 13.0. The predicted molar refractivity (Wildman–Crippen MR) is 101 cm³/mol. The van der Waals surface area contributed by atoms with E-state index >= 15 is 0 Å². The molecule has 1 saturated heterocycles. The van der Waals surface area contributed by atoms with E-state index in [0.717, 1.165) is 11.3 Å². The van der Waals surface area contributed by atoms with Gasteiger partial charge in [0.1, 0.15) is 17.6 Å². The second-order valence-electron chi connectivity index (χ2n) is 6.26. The Morgan fingerprint density at radius 3 is 2.37 bits per heavy atom. The summed E-state index contributed by atoms with van der Waals surface area (Å²) in [7, 11) is 3.04. The minimum absolute atomic E-state index is 0.215. The van der Waals surface area contributed by atoms with E-state index in [1.54, 1.807) is 23.1 Å². The van der Waals surface area contributed by atoms with Crippen LogP contribution in [0.25, 0.3) is 0 Å². The van der Waals surface area contributed by atoms with E-state index < -0.39 is 12.2 Å². The summed E-state index contributed by atoms with van der Waals surface area (Å²) >= 11 is 0. The van der Waals surface area contributed by atoms with Crippen LogP contribution < -0.4 is 19.7 Å². The number of methoxy groups -OCH3 is 2. The van der Waals surface area contributed by atoms with Crippen molar-refractivity contribution in [2.45, 2.75) is 13.0 Å². The highest BCUT2D eigenvalue weighted by atomic mass is 16.6. The van der Waals surface area contributed by atoms with Crippen molar-refractivity contribution in [2.24, 2.45) is 0 Å². The number of carbonyl (C=O) groups is 2. The zero-order valence-corrected chi connectivity index (χ0v) is 15.5. The molecule has 27 heavy (non-hydrogen) atoms. The highest BCUT2D eigenvalue weighted by Gasteiger charge is 2.32. The number of nitrogens with one attached hydrogen (secondary N) is 1. The van der Waals surface area contributed by atoms with E-state index in [2.05, 4.69) is 5.32 Å². The van der Waals surface area contributed by atoms with Gasteiger partial charge in [-0.15, -0.1) is 0 Å². The van der Waals surface area contributed by atoms with Crippen LogP contribution in [0.1, 0.15) is 15.9 Å². The summed E-state index contributed by atoms with van der Waals surface area (Å²) in [5, 5.41) is 2.79. The van der Waals surface area contributed by atoms with Gasteiger partial charge in [0, 0.05) is 17.3 Å². The monoisotopic (exact) mass is 370 g/mol. The molecule has 142 valence electrons. The number of anilines is 1. The second kappa shape index (κ2) is 7.99. The Morgan fingerprint density at radius 2 is 1.78 bits per heavy atom. The SMILES string of the molecule is COc1cc(OC)cc(C(=O)NCC2CN(c3ccc(C)cc3)C(=O)O2)c1. The minimum atomic E-state index is -0.421. The molecule has 0 spiro atoms. The van der Waals surface area contributed by atoms with Crippen LogP contribution in [0.5, 0.6) is 11.5 Å². The molecule has 2 aromatic carbocycles. The first-order valence-electron chi connectivity index (χ1n) is 8.56. The van der Waals surface area contributed by atoms with E-state index in [9.17, 15) is 9.59 Å². The number of ether oxygens (including phenoxy) is 3. The molecule has 2 aromatic rings. The average molecular weight is 370 g/mol. The van der Waals surface area contributed by atoms with Gasteiger partial charge < -0.3 is 19.5 Å². The molecule has 3 rings (SSSR count). The van der Waals surface area contributed by atoms with Crippen molar-refractivity contribution in [1.29, 1.82) is 0 Å². The maximum Gasteiger partial charge on any atom is 0.414 e. The van der Waals surface area contributed by atoms with Gasteiger partial charge in [-0.05, 0) is 31.2 Å². The number of amides is 2. The first-order valence-corrected chi connectivity index (χ1v) is 8.56. The number of hydrogen-bond donors (Lipinski definition) is 1. The largest absolute Gasteiger partial charge is 0.497 e. The predicted octanol–water partition coefficient (Wildman–Crippen LogP) is 2.77. The van der Waals surface area contributed by atoms with E-state index in [4.69, 9.17) is 14.2 Å². The van der Waals surface area contributed by atoms with Gasteiger partial charge in [-0.1, -0.05) is 17.7 Å². The Balaban J connectivity index is 1.61. The molecule has 7 nitrogen and oxygen atoms in total. The van der Waals surface area contributed by atoms with Gasteiger partial charge in [0.2, 0.25) is 0 Å². The molecule has 1 atom stereocenters. The molecule has 1 aliphatic heterocycles. The molecule has 1 heterocycles. The van der Waals surface area contributed by atoms with E-state index in [0.29, 0.717) is 23.6 Å². The number of carbonyl (C=O) groups excluding carboxylic acids is 2. The molecule has 0 radical (unpaired) electrons. The molecular formula is C20H22N2O5. The third-order valence-electron chi connectivity index (χ3n) is 4.32. The van der Waals surface area contributed by atoms with Crippen LogP contribution in [-0.2, 0) is 4.74 Å². The van der Waals surface area contributed by atoms with Crippen LogP contribution in [0.4, 0.5) is 10.5 Å². The molecule has 0 saturated carbocycles. The zero-order valence-electron chi connectivity index (χ0n) is 15.5. The number of aryl methyl sites for hydroxylation is 1. The van der Waals surface area contributed by atoms with Crippen LogP contribution in [0.15, 0.2) is 42.5 Å². The maximum atomic E-state index is 12.4. The summed E-state index contributed by atoms with van der Waals surface area (Å²) in [6, 6.07) is 12.6. The summed E-state index contributed by atoms with van der Waals surface area (Å²) in [6.45, 7) is 2.58. The minimum Gasteiger partial charge on any atom is -0.497 e. The van der Waals surface area contributed by atoms with Crippen molar-refractivity contribution in [3.63, 3.8) is 0 Å². The van der Waals surface area contributed by atoms with Gasteiger partial charge in [-0.3, -0.25) is 9.69 Å². The van der Waals surface area contributed by atoms with Crippen molar-refractivity contribution in [3.8, 4) is 11.5 Å². The molecule has 1 N–H and O–H groups in total. The van der Waals surface area contributed by atoms with Gasteiger partial charge in [-0.2, -0.15) is 0 Å². The lowest BCUT2D eigenvalue weighted by Gasteiger charge is -2.13. The average Bonchev–Trinajstić information content (AvgIpc) is 3.06. The molecule has 2 amide bonds. The Bertz CT molecular complexity index is 813. The van der Waals surface area contributed by atoms with Gasteiger partial charge in [0.25, 0.3) is 5.91 Å². The number of nitrogens with zero attached hydrogens (tertiary/aromatic N) is 1. The summed E-state index contributed by atoms with van der Waals surface area (Å²) < 4.78 is 15.7. The Morgan fingerprint density at radius 1 is 1.15 bits per heavy atom. The number of cyclic esters (lactones) is 1. The van der Waals surface area contributed by atoms with Crippen molar-refractivity contribution in [3.05, 3.63) is 53.6 Å². The fourth-order valence-electron chi connectivity index (χ4n) is 2.81. The standard InChI is InChI=1S/C20H22N2O5/c1-13-4-6-15(7-5-13)22-12-18(27-20(22)24)11-21-19(23)14-8-16(25-2)10-17(9-14)26-3/h4-10,18H,11-12H2,1-3H3,(H,21,23). The van der Waals surface area contributed by atoms with Crippen molar-refractivity contribution in [1.82, 2.24) is 5.32 Å². The highest BCUT2D eigenvalue weighted by Crippen LogP contribution is 2.23. The Kier molecular flexibility index (Phi) is 5.49. The Labute approximate surface area is 157 Å². The van der Waals surface area contributed by atoms with Crippen molar-refractivity contribution >= 4 is 17.7 Å². The highest BCUT2D eigenvalue weighted by molar-refractivity contribution is 5.95. The Hall–Kier alpha value is -3.22. The molecular weight excluding hydrogens is 348 g/mol. The maximum absolute atomic E-state index is 12.4. The number of rotatable bonds is 6. The van der Waals surface area contributed by atoms with Crippen LogP contribution >= 0.6 is 0 Å². The molecule has 1 aliphatic rings. The van der Waals surface area contributed by atoms with Crippen LogP contribution in [-0.4, -0.2) is 45.4 Å². The lowest BCUT2D eigenvalue weighted by Crippen LogP contribution is -2.34. The second-order valence-corrected chi connectivity index (χ2v) is 6.26. The summed E-state index contributed by atoms with van der Waals surface area (Å²) in [6.07, 6.45) is -0.837. The van der Waals surface area contributed by atoms with Gasteiger partial charge in [0.15, 0.2) is 0 Å². The zero-order chi connectivity index (χ0) is 19.4. The third-order valence-corrected chi connectivity index (χ3v) is 4.32. The van der Waals surface area contributed by atoms with E-state index in [1.807, 2.05) is 31.2 Å². The van der Waals surface area contributed by atoms with Crippen LogP contribution in [0.2, 0.25) is 0 Å². The molecule has 1 unspecified atom stereocenters. The van der Waals surface area contributed by atoms with Gasteiger partial charge in [-0.25, -0.2) is 4.79 Å². The van der Waals surface area contributed by atoms with Crippen molar-refractivity contribution in [2.75, 3.05) is 32.2 Å². The molecule has 0 bridgehead atoms. The third kappa shape index (κ3) is 4.31. The molecule has 0 aromatic heterocycles. The topological polar surface area (TPSA) is 77.1 Å². The number of benzene rings is 2. The van der Waals surface area contributed by atoms with Gasteiger partial charge in [0.05, 0.1) is 27.3 Å². The van der Waals surface area contributed by atoms with Crippen molar-refractivity contribution < 1.29 is 23.8 Å². The summed E-state index contributed by atoms with van der Waals surface area (Å²) in [5.41, 5.74) is 2.30.